The monoisotopic (exact) mass is 569 g/mol. The lowest BCUT2D eigenvalue weighted by atomic mass is 10.1. The third-order valence-electron chi connectivity index (χ3n) is 6.11. The molecule has 0 aliphatic rings. The van der Waals surface area contributed by atoms with Crippen molar-refractivity contribution < 1.29 is 9.18 Å². The van der Waals surface area contributed by atoms with Crippen LogP contribution in [0.3, 0.4) is 0 Å². The standard InChI is InChI=1S/C28H26BrClFN3O2/c1-3-5-15-33(27(35)18-9-8-10-19(29)16-18)25(4-2)26-32-24-12-7-6-11-21(24)28(36)34(26)20-13-14-23(31)22(30)17-20/h6-14,16-17,25H,3-5,15H2,1-2H3. The van der Waals surface area contributed by atoms with Crippen molar-refractivity contribution in [3.63, 3.8) is 0 Å². The molecule has 36 heavy (non-hydrogen) atoms. The van der Waals surface area contributed by atoms with Crippen LogP contribution in [0.2, 0.25) is 5.02 Å². The molecule has 0 aliphatic carbocycles. The van der Waals surface area contributed by atoms with Crippen LogP contribution < -0.4 is 5.56 Å². The maximum atomic E-state index is 14.0. The molecule has 0 aliphatic heterocycles. The smallest absolute Gasteiger partial charge is 0.266 e. The maximum absolute atomic E-state index is 14.0. The lowest BCUT2D eigenvalue weighted by molar-refractivity contribution is 0.0656. The van der Waals surface area contributed by atoms with Crippen molar-refractivity contribution in [1.82, 2.24) is 14.5 Å². The summed E-state index contributed by atoms with van der Waals surface area (Å²) in [6, 6.07) is 18.0. The molecule has 3 aromatic carbocycles. The number of para-hydroxylation sites is 1. The Morgan fingerprint density at radius 3 is 2.58 bits per heavy atom. The van der Waals surface area contributed by atoms with Gasteiger partial charge in [0.15, 0.2) is 0 Å². The minimum atomic E-state index is -0.579. The Bertz CT molecular complexity index is 1470. The van der Waals surface area contributed by atoms with Crippen molar-refractivity contribution in [3.8, 4) is 5.69 Å². The molecule has 0 saturated carbocycles. The zero-order valence-corrected chi connectivity index (χ0v) is 22.4. The van der Waals surface area contributed by atoms with E-state index in [4.69, 9.17) is 16.6 Å². The highest BCUT2D eigenvalue weighted by atomic mass is 79.9. The highest BCUT2D eigenvalue weighted by molar-refractivity contribution is 9.10. The van der Waals surface area contributed by atoms with Gasteiger partial charge in [-0.3, -0.25) is 14.2 Å². The van der Waals surface area contributed by atoms with E-state index in [-0.39, 0.29) is 16.5 Å². The third-order valence-corrected chi connectivity index (χ3v) is 6.89. The Labute approximate surface area is 222 Å². The summed E-state index contributed by atoms with van der Waals surface area (Å²) in [4.78, 5) is 34.2. The number of hydrogen-bond acceptors (Lipinski definition) is 3. The first-order valence-electron chi connectivity index (χ1n) is 11.9. The molecule has 0 bridgehead atoms. The van der Waals surface area contributed by atoms with E-state index in [1.807, 2.05) is 25.1 Å². The van der Waals surface area contributed by atoms with E-state index in [2.05, 4.69) is 22.9 Å². The van der Waals surface area contributed by atoms with Gasteiger partial charge in [-0.15, -0.1) is 0 Å². The summed E-state index contributed by atoms with van der Waals surface area (Å²) in [5.41, 5.74) is 1.16. The molecule has 8 heteroatoms. The highest BCUT2D eigenvalue weighted by Gasteiger charge is 2.29. The van der Waals surface area contributed by atoms with Gasteiger partial charge in [0.25, 0.3) is 11.5 Å². The molecular weight excluding hydrogens is 545 g/mol. The molecule has 5 nitrogen and oxygen atoms in total. The number of hydrogen-bond donors (Lipinski definition) is 0. The van der Waals surface area contributed by atoms with Gasteiger partial charge in [0.1, 0.15) is 11.6 Å². The van der Waals surface area contributed by atoms with Crippen LogP contribution in [0.25, 0.3) is 16.6 Å². The summed E-state index contributed by atoms with van der Waals surface area (Å²) in [6.45, 7) is 4.52. The van der Waals surface area contributed by atoms with Crippen molar-refractivity contribution >= 4 is 44.3 Å². The topological polar surface area (TPSA) is 55.2 Å². The van der Waals surface area contributed by atoms with Crippen LogP contribution in [-0.2, 0) is 0 Å². The van der Waals surface area contributed by atoms with E-state index in [9.17, 15) is 14.0 Å². The van der Waals surface area contributed by atoms with E-state index < -0.39 is 11.9 Å². The predicted octanol–water partition coefficient (Wildman–Crippen LogP) is 7.33. The Morgan fingerprint density at radius 1 is 1.11 bits per heavy atom. The van der Waals surface area contributed by atoms with Gasteiger partial charge in [-0.2, -0.15) is 0 Å². The van der Waals surface area contributed by atoms with E-state index >= 15 is 0 Å². The minimum Gasteiger partial charge on any atom is -0.328 e. The number of halogens is 3. The molecule has 0 N–H and O–H groups in total. The second-order valence-corrected chi connectivity index (χ2v) is 9.84. The average molecular weight is 571 g/mol. The normalized spacial score (nSPS) is 12.0. The summed E-state index contributed by atoms with van der Waals surface area (Å²) < 4.78 is 16.3. The molecule has 0 radical (unpaired) electrons. The molecule has 1 atom stereocenters. The van der Waals surface area contributed by atoms with E-state index in [1.54, 1.807) is 35.2 Å². The largest absolute Gasteiger partial charge is 0.328 e. The van der Waals surface area contributed by atoms with Crippen molar-refractivity contribution in [2.75, 3.05) is 6.54 Å². The van der Waals surface area contributed by atoms with Gasteiger partial charge in [0, 0.05) is 16.6 Å². The van der Waals surface area contributed by atoms with Crippen LogP contribution in [0.15, 0.2) is 76.0 Å². The number of nitrogens with zero attached hydrogens (tertiary/aromatic N) is 3. The second kappa shape index (κ2) is 11.4. The predicted molar refractivity (Wildman–Crippen MR) is 145 cm³/mol. The summed E-state index contributed by atoms with van der Waals surface area (Å²) in [5.74, 6) is -0.323. The summed E-state index contributed by atoms with van der Waals surface area (Å²) in [7, 11) is 0. The van der Waals surface area contributed by atoms with Gasteiger partial charge in [-0.05, 0) is 61.4 Å². The Kier molecular flexibility index (Phi) is 8.21. The maximum Gasteiger partial charge on any atom is 0.266 e. The Balaban J connectivity index is 1.96. The molecule has 1 unspecified atom stereocenters. The fourth-order valence-corrected chi connectivity index (χ4v) is 4.88. The Morgan fingerprint density at radius 2 is 1.89 bits per heavy atom. The molecule has 0 spiro atoms. The number of rotatable bonds is 8. The van der Waals surface area contributed by atoms with Gasteiger partial charge in [-0.1, -0.05) is 66.0 Å². The fraction of sp³-hybridized carbons (Fsp3) is 0.250. The molecule has 4 rings (SSSR count). The number of fused-ring (bicyclic) bond motifs is 1. The lowest BCUT2D eigenvalue weighted by Crippen LogP contribution is -2.39. The summed E-state index contributed by atoms with van der Waals surface area (Å²) in [5, 5.41) is 0.328. The van der Waals surface area contributed by atoms with Crippen LogP contribution >= 0.6 is 27.5 Å². The van der Waals surface area contributed by atoms with Crippen LogP contribution in [0.1, 0.15) is 55.3 Å². The first-order valence-corrected chi connectivity index (χ1v) is 13.1. The second-order valence-electron chi connectivity index (χ2n) is 8.51. The lowest BCUT2D eigenvalue weighted by Gasteiger charge is -2.32. The minimum absolute atomic E-state index is 0.0976. The van der Waals surface area contributed by atoms with Crippen LogP contribution in [0.5, 0.6) is 0 Å². The number of carbonyl (C=O) groups excluding carboxylic acids is 1. The quantitative estimate of drug-likeness (QED) is 0.223. The highest BCUT2D eigenvalue weighted by Crippen LogP contribution is 2.29. The van der Waals surface area contributed by atoms with Gasteiger partial charge in [0.2, 0.25) is 0 Å². The first kappa shape index (κ1) is 26.0. The van der Waals surface area contributed by atoms with Crippen molar-refractivity contribution in [1.29, 1.82) is 0 Å². The van der Waals surface area contributed by atoms with Crippen LogP contribution in [0, 0.1) is 5.82 Å². The number of benzene rings is 3. The summed E-state index contributed by atoms with van der Waals surface area (Å²) >= 11 is 9.55. The molecule has 186 valence electrons. The van der Waals surface area contributed by atoms with Gasteiger partial charge in [0.05, 0.1) is 27.7 Å². The Hall–Kier alpha value is -3.03. The molecule has 4 aromatic rings. The first-order chi connectivity index (χ1) is 17.3. The van der Waals surface area contributed by atoms with Gasteiger partial charge >= 0.3 is 0 Å². The number of amides is 1. The van der Waals surface area contributed by atoms with Gasteiger partial charge in [-0.25, -0.2) is 9.37 Å². The van der Waals surface area contributed by atoms with Gasteiger partial charge < -0.3 is 4.90 Å². The number of aromatic nitrogens is 2. The van der Waals surface area contributed by atoms with Crippen molar-refractivity contribution in [3.05, 3.63) is 104 Å². The zero-order chi connectivity index (χ0) is 25.8. The molecule has 0 fully saturated rings. The molecule has 0 saturated heterocycles. The van der Waals surface area contributed by atoms with E-state index in [1.165, 1.54) is 22.8 Å². The molecule has 1 heterocycles. The molecule has 1 amide bonds. The van der Waals surface area contributed by atoms with Crippen molar-refractivity contribution in [2.24, 2.45) is 0 Å². The fourth-order valence-electron chi connectivity index (χ4n) is 4.30. The van der Waals surface area contributed by atoms with E-state index in [0.717, 1.165) is 17.3 Å². The summed E-state index contributed by atoms with van der Waals surface area (Å²) in [6.07, 6.45) is 2.20. The molecule has 1 aromatic heterocycles. The van der Waals surface area contributed by atoms with Crippen molar-refractivity contribution in [2.45, 2.75) is 39.2 Å². The third kappa shape index (κ3) is 5.22. The molecular formula is C28H26BrClFN3O2. The van der Waals surface area contributed by atoms with E-state index in [0.29, 0.717) is 40.9 Å². The zero-order valence-electron chi connectivity index (χ0n) is 20.0. The number of carbonyl (C=O) groups is 1. The average Bonchev–Trinajstić information content (AvgIpc) is 2.88. The van der Waals surface area contributed by atoms with Crippen LogP contribution in [-0.4, -0.2) is 26.9 Å². The SMILES string of the molecule is CCCCN(C(=O)c1cccc(Br)c1)C(CC)c1nc2ccccc2c(=O)n1-c1ccc(F)c(Cl)c1. The van der Waals surface area contributed by atoms with Crippen LogP contribution in [0.4, 0.5) is 4.39 Å². The number of unbranched alkanes of at least 4 members (excludes halogenated alkanes) is 1.